The smallest absolute Gasteiger partial charge is 0.274 e. The van der Waals surface area contributed by atoms with E-state index in [1.165, 1.54) is 4.90 Å². The fourth-order valence-electron chi connectivity index (χ4n) is 3.05. The number of hydrogen-bond donors (Lipinski definition) is 0. The zero-order valence-corrected chi connectivity index (χ0v) is 14.6. The lowest BCUT2D eigenvalue weighted by Gasteiger charge is -2.14. The van der Waals surface area contributed by atoms with Crippen LogP contribution in [0.5, 0.6) is 0 Å². The summed E-state index contributed by atoms with van der Waals surface area (Å²) in [4.78, 5) is 15.1. The van der Waals surface area contributed by atoms with Crippen molar-refractivity contribution in [2.45, 2.75) is 12.1 Å². The Bertz CT molecular complexity index is 977. The van der Waals surface area contributed by atoms with Gasteiger partial charge in [0.1, 0.15) is 6.07 Å². The molecule has 0 saturated carbocycles. The highest BCUT2D eigenvalue weighted by molar-refractivity contribution is 7.13. The van der Waals surface area contributed by atoms with Crippen LogP contribution in [0, 0.1) is 11.3 Å². The van der Waals surface area contributed by atoms with E-state index in [1.807, 2.05) is 47.8 Å². The quantitative estimate of drug-likeness (QED) is 0.710. The summed E-state index contributed by atoms with van der Waals surface area (Å²) in [6, 6.07) is 16.8. The summed E-state index contributed by atoms with van der Waals surface area (Å²) in [7, 11) is 0. The van der Waals surface area contributed by atoms with Gasteiger partial charge in [0.25, 0.3) is 5.91 Å². The maximum Gasteiger partial charge on any atom is 0.274 e. The Kier molecular flexibility index (Phi) is 4.05. The Labute approximate surface area is 153 Å². The molecule has 4 rings (SSSR count). The van der Waals surface area contributed by atoms with Crippen molar-refractivity contribution in [3.63, 3.8) is 0 Å². The minimum atomic E-state index is -1.96. The van der Waals surface area contributed by atoms with Gasteiger partial charge in [-0.1, -0.05) is 24.3 Å². The summed E-state index contributed by atoms with van der Waals surface area (Å²) in [5.74, 6) is -0.354. The Morgan fingerprint density at radius 2 is 2.08 bits per heavy atom. The molecular weight excluding hydrogens is 351 g/mol. The van der Waals surface area contributed by atoms with E-state index in [0.717, 1.165) is 16.3 Å². The number of halogens is 1. The molecular formula is C19H15FN4OS. The topological polar surface area (TPSA) is 61.9 Å². The van der Waals surface area contributed by atoms with Crippen LogP contribution in [-0.2, 0) is 0 Å². The molecule has 26 heavy (non-hydrogen) atoms. The first kappa shape index (κ1) is 16.5. The number of amides is 1. The van der Waals surface area contributed by atoms with Crippen LogP contribution in [0.15, 0.2) is 53.9 Å². The van der Waals surface area contributed by atoms with Crippen molar-refractivity contribution in [2.24, 2.45) is 0 Å². The van der Waals surface area contributed by atoms with E-state index in [9.17, 15) is 9.18 Å². The lowest BCUT2D eigenvalue weighted by atomic mass is 10.1. The van der Waals surface area contributed by atoms with Gasteiger partial charge in [0.05, 0.1) is 22.8 Å². The molecule has 0 bridgehead atoms. The Morgan fingerprint density at radius 3 is 2.73 bits per heavy atom. The first-order chi connectivity index (χ1) is 12.6. The number of hydrogen-bond acceptors (Lipinski definition) is 4. The summed E-state index contributed by atoms with van der Waals surface area (Å²) in [6.07, 6.45) is 0.0341. The number of carbonyl (C=O) groups is 1. The van der Waals surface area contributed by atoms with Gasteiger partial charge >= 0.3 is 0 Å². The normalized spacial score (nSPS) is 19.5. The third-order valence-electron chi connectivity index (χ3n) is 4.41. The second-order valence-corrected chi connectivity index (χ2v) is 7.14. The predicted octanol–water partition coefficient (Wildman–Crippen LogP) is 3.68. The second kappa shape index (κ2) is 6.39. The SMILES string of the molecule is N#CC1(F)CCN(C(=O)c2cc(-c3cccs3)n(-c3ccccc3)n2)C1. The van der Waals surface area contributed by atoms with Crippen LogP contribution in [0.3, 0.4) is 0 Å². The maximum atomic E-state index is 14.2. The van der Waals surface area contributed by atoms with Crippen LogP contribution in [0.25, 0.3) is 16.3 Å². The molecule has 1 fully saturated rings. The molecule has 5 nitrogen and oxygen atoms in total. The summed E-state index contributed by atoms with van der Waals surface area (Å²) < 4.78 is 15.9. The van der Waals surface area contributed by atoms with Crippen LogP contribution >= 0.6 is 11.3 Å². The highest BCUT2D eigenvalue weighted by atomic mass is 32.1. The van der Waals surface area contributed by atoms with E-state index in [-0.39, 0.29) is 31.1 Å². The second-order valence-electron chi connectivity index (χ2n) is 6.19. The van der Waals surface area contributed by atoms with E-state index < -0.39 is 5.67 Å². The van der Waals surface area contributed by atoms with Crippen molar-refractivity contribution in [3.8, 4) is 22.3 Å². The van der Waals surface area contributed by atoms with Gasteiger partial charge in [0, 0.05) is 13.0 Å². The number of likely N-dealkylation sites (tertiary alicyclic amines) is 1. The van der Waals surface area contributed by atoms with E-state index in [2.05, 4.69) is 5.10 Å². The van der Waals surface area contributed by atoms with Crippen LogP contribution in [0.2, 0.25) is 0 Å². The van der Waals surface area contributed by atoms with Gasteiger partial charge in [-0.2, -0.15) is 10.4 Å². The molecule has 0 radical (unpaired) electrons. The number of para-hydroxylation sites is 1. The first-order valence-corrected chi connectivity index (χ1v) is 9.06. The standard InChI is InChI=1S/C19H15FN4OS/c20-19(12-21)8-9-23(13-19)18(25)15-11-16(17-7-4-10-26-17)24(22-15)14-5-2-1-3-6-14/h1-7,10-11H,8-9,13H2. The third kappa shape index (κ3) is 2.89. The molecule has 130 valence electrons. The van der Waals surface area contributed by atoms with E-state index >= 15 is 0 Å². The average molecular weight is 366 g/mol. The molecule has 7 heteroatoms. The van der Waals surface area contributed by atoms with Crippen LogP contribution < -0.4 is 0 Å². The van der Waals surface area contributed by atoms with E-state index in [1.54, 1.807) is 28.2 Å². The van der Waals surface area contributed by atoms with Crippen LogP contribution in [0.1, 0.15) is 16.9 Å². The maximum absolute atomic E-state index is 14.2. The molecule has 0 N–H and O–H groups in total. The van der Waals surface area contributed by atoms with Crippen molar-refractivity contribution < 1.29 is 9.18 Å². The van der Waals surface area contributed by atoms with Gasteiger partial charge in [-0.25, -0.2) is 9.07 Å². The number of carbonyl (C=O) groups excluding carboxylic acids is 1. The minimum Gasteiger partial charge on any atom is -0.333 e. The number of nitriles is 1. The fourth-order valence-corrected chi connectivity index (χ4v) is 3.78. The summed E-state index contributed by atoms with van der Waals surface area (Å²) >= 11 is 1.56. The fraction of sp³-hybridized carbons (Fsp3) is 0.211. The summed E-state index contributed by atoms with van der Waals surface area (Å²) in [5.41, 5.74) is -0.0675. The number of nitrogens with zero attached hydrogens (tertiary/aromatic N) is 4. The highest BCUT2D eigenvalue weighted by Crippen LogP contribution is 2.30. The van der Waals surface area contributed by atoms with Gasteiger partial charge < -0.3 is 4.90 Å². The van der Waals surface area contributed by atoms with Crippen molar-refractivity contribution >= 4 is 17.2 Å². The number of aromatic nitrogens is 2. The van der Waals surface area contributed by atoms with Gasteiger partial charge in [-0.05, 0) is 29.6 Å². The molecule has 1 amide bonds. The summed E-state index contributed by atoms with van der Waals surface area (Å²) in [5, 5.41) is 15.4. The highest BCUT2D eigenvalue weighted by Gasteiger charge is 2.41. The van der Waals surface area contributed by atoms with E-state index in [0.29, 0.717) is 0 Å². The average Bonchev–Trinajstić information content (AvgIpc) is 3.41. The molecule has 2 aromatic heterocycles. The number of benzene rings is 1. The van der Waals surface area contributed by atoms with Crippen LogP contribution in [-0.4, -0.2) is 39.3 Å². The molecule has 1 saturated heterocycles. The zero-order chi connectivity index (χ0) is 18.1. The largest absolute Gasteiger partial charge is 0.333 e. The molecule has 1 aliphatic heterocycles. The molecule has 1 unspecified atom stereocenters. The monoisotopic (exact) mass is 366 g/mol. The van der Waals surface area contributed by atoms with Crippen molar-refractivity contribution in [1.29, 1.82) is 5.26 Å². The Morgan fingerprint density at radius 1 is 1.27 bits per heavy atom. The number of rotatable bonds is 3. The Balaban J connectivity index is 1.72. The molecule has 1 aromatic carbocycles. The molecule has 3 aromatic rings. The molecule has 1 aliphatic rings. The minimum absolute atomic E-state index is 0.0341. The third-order valence-corrected chi connectivity index (χ3v) is 5.30. The van der Waals surface area contributed by atoms with Crippen molar-refractivity contribution in [1.82, 2.24) is 14.7 Å². The summed E-state index contributed by atoms with van der Waals surface area (Å²) in [6.45, 7) is 0.00426. The van der Waals surface area contributed by atoms with Crippen LogP contribution in [0.4, 0.5) is 4.39 Å². The molecule has 0 spiro atoms. The van der Waals surface area contributed by atoms with Crippen molar-refractivity contribution in [3.05, 3.63) is 59.6 Å². The van der Waals surface area contributed by atoms with Crippen molar-refractivity contribution in [2.75, 3.05) is 13.1 Å². The lowest BCUT2D eigenvalue weighted by Crippen LogP contribution is -2.32. The first-order valence-electron chi connectivity index (χ1n) is 8.18. The molecule has 0 aliphatic carbocycles. The van der Waals surface area contributed by atoms with E-state index in [4.69, 9.17) is 5.26 Å². The molecule has 3 heterocycles. The molecule has 1 atom stereocenters. The Hall–Kier alpha value is -2.98. The predicted molar refractivity (Wildman–Crippen MR) is 96.8 cm³/mol. The zero-order valence-electron chi connectivity index (χ0n) is 13.8. The van der Waals surface area contributed by atoms with Gasteiger partial charge in [0.15, 0.2) is 5.69 Å². The van der Waals surface area contributed by atoms with Gasteiger partial charge in [-0.15, -0.1) is 11.3 Å². The van der Waals surface area contributed by atoms with Gasteiger partial charge in [0.2, 0.25) is 5.67 Å². The van der Waals surface area contributed by atoms with Gasteiger partial charge in [-0.3, -0.25) is 4.79 Å². The number of thiophene rings is 1. The number of alkyl halides is 1. The lowest BCUT2D eigenvalue weighted by molar-refractivity contribution is 0.0765.